The van der Waals surface area contributed by atoms with Crippen LogP contribution in [0.1, 0.15) is 7.12 Å². The van der Waals surface area contributed by atoms with Crippen LogP contribution in [0.2, 0.25) is 0 Å². The van der Waals surface area contributed by atoms with Crippen LogP contribution < -0.4 is 10.9 Å². The van der Waals surface area contributed by atoms with E-state index in [0.717, 1.165) is 11.9 Å². The molecule has 0 amide bonds. The van der Waals surface area contributed by atoms with Crippen LogP contribution in [0, 0.1) is 5.41 Å². The fourth-order valence-electron chi connectivity index (χ4n) is 0.822. The largest absolute Gasteiger partial charge is 0.386 e. The van der Waals surface area contributed by atoms with Gasteiger partial charge in [-0.05, 0) is 6.07 Å². The number of hydrogen-bond donors (Lipinski definition) is 3. The number of hydrogen-bond acceptors (Lipinski definition) is 3. The lowest BCUT2D eigenvalue weighted by Gasteiger charge is -2.01. The Kier molecular flexibility index (Phi) is 2.06. The van der Waals surface area contributed by atoms with Crippen molar-refractivity contribution >= 4 is 11.9 Å². The predicted molar refractivity (Wildman–Crippen MR) is 46.6 cm³/mol. The number of pyridine rings is 1. The van der Waals surface area contributed by atoms with Crippen molar-refractivity contribution in [1.82, 2.24) is 4.98 Å². The molecule has 1 rings (SSSR count). The number of aromatic amines is 1. The topological polar surface area (TPSA) is 68.7 Å². The molecule has 0 saturated heterocycles. The molecular weight excluding hydrogens is 142 g/mol. The number of H-pyrrole nitrogens is 1. The van der Waals surface area contributed by atoms with E-state index in [4.69, 9.17) is 5.41 Å². The summed E-state index contributed by atoms with van der Waals surface area (Å²) in [6, 6.07) is 3.05. The van der Waals surface area contributed by atoms with Gasteiger partial charge in [-0.2, -0.15) is 0 Å². The summed E-state index contributed by atoms with van der Waals surface area (Å²) in [4.78, 5) is 13.2. The molecule has 11 heavy (non-hydrogen) atoms. The summed E-state index contributed by atoms with van der Waals surface area (Å²) in [6.07, 6.45) is 1.10. The second-order valence-corrected chi connectivity index (χ2v) is 2.04. The third kappa shape index (κ3) is 1.46. The van der Waals surface area contributed by atoms with Crippen molar-refractivity contribution in [2.45, 2.75) is 0 Å². The molecular formula is C7H11N3O. The highest BCUT2D eigenvalue weighted by Gasteiger charge is 1.96. The Hall–Kier alpha value is -1.58. The van der Waals surface area contributed by atoms with Gasteiger partial charge in [0.15, 0.2) is 0 Å². The van der Waals surface area contributed by atoms with E-state index in [1.165, 1.54) is 6.07 Å². The molecule has 1 aromatic rings. The minimum absolute atomic E-state index is 0. The average molecular weight is 153 g/mol. The number of anilines is 1. The second kappa shape index (κ2) is 3.01. The minimum Gasteiger partial charge on any atom is -0.386 e. The maximum absolute atomic E-state index is 10.7. The maximum Gasteiger partial charge on any atom is 0.248 e. The number of rotatable bonds is 2. The van der Waals surface area contributed by atoms with E-state index in [9.17, 15) is 4.79 Å². The van der Waals surface area contributed by atoms with Gasteiger partial charge in [0.25, 0.3) is 0 Å². The number of nitrogens with one attached hydrogen (secondary N) is 3. The van der Waals surface area contributed by atoms with Gasteiger partial charge in [-0.1, -0.05) is 0 Å². The molecule has 0 atom stereocenters. The lowest BCUT2D eigenvalue weighted by molar-refractivity contribution is 1.21. The Balaban J connectivity index is 0.00000121. The molecule has 0 aromatic carbocycles. The van der Waals surface area contributed by atoms with E-state index >= 15 is 0 Å². The quantitative estimate of drug-likeness (QED) is 0.546. The van der Waals surface area contributed by atoms with Gasteiger partial charge >= 0.3 is 0 Å². The highest BCUT2D eigenvalue weighted by Crippen LogP contribution is 2.05. The molecule has 0 bridgehead atoms. The zero-order valence-electron chi connectivity index (χ0n) is 6.14. The third-order valence-electron chi connectivity index (χ3n) is 1.36. The number of aromatic nitrogens is 1. The second-order valence-electron chi connectivity index (χ2n) is 2.04. The smallest absolute Gasteiger partial charge is 0.248 e. The lowest BCUT2D eigenvalue weighted by atomic mass is 10.3. The molecule has 0 aliphatic heterocycles. The zero-order valence-corrected chi connectivity index (χ0v) is 6.14. The Labute approximate surface area is 65.3 Å². The van der Waals surface area contributed by atoms with Crippen LogP contribution in [0.5, 0.6) is 0 Å². The van der Waals surface area contributed by atoms with Gasteiger partial charge in [0.1, 0.15) is 0 Å². The normalized spacial score (nSPS) is 9.18. The van der Waals surface area contributed by atoms with E-state index in [0.29, 0.717) is 5.69 Å². The van der Waals surface area contributed by atoms with Gasteiger partial charge in [-0.3, -0.25) is 4.79 Å². The van der Waals surface area contributed by atoms with Gasteiger partial charge in [0, 0.05) is 20.8 Å². The van der Waals surface area contributed by atoms with Crippen LogP contribution >= 0.6 is 0 Å². The zero-order chi connectivity index (χ0) is 8.27. The average Bonchev–Trinajstić information content (AvgIpc) is 2.04. The molecule has 1 aromatic heterocycles. The first-order chi connectivity index (χ1) is 5.27. The summed E-state index contributed by atoms with van der Waals surface area (Å²) in [5, 5.41) is 9.80. The fraction of sp³-hybridized carbons (Fsp3) is 0.143. The highest BCUT2D eigenvalue weighted by molar-refractivity contribution is 5.82. The van der Waals surface area contributed by atoms with Gasteiger partial charge in [-0.25, -0.2) is 0 Å². The van der Waals surface area contributed by atoms with E-state index in [-0.39, 0.29) is 6.99 Å². The van der Waals surface area contributed by atoms with Crippen molar-refractivity contribution < 1.29 is 1.43 Å². The molecule has 0 aliphatic rings. The Morgan fingerprint density at radius 3 is 3.00 bits per heavy atom. The molecule has 0 radical (unpaired) electrons. The van der Waals surface area contributed by atoms with Crippen LogP contribution in [0.25, 0.3) is 0 Å². The van der Waals surface area contributed by atoms with Gasteiger partial charge in [-0.15, -0.1) is 0 Å². The summed E-state index contributed by atoms with van der Waals surface area (Å²) in [7, 11) is 1.74. The summed E-state index contributed by atoms with van der Waals surface area (Å²) in [5.41, 5.74) is 1.06. The van der Waals surface area contributed by atoms with Crippen molar-refractivity contribution in [2.24, 2.45) is 0 Å². The van der Waals surface area contributed by atoms with Crippen LogP contribution in [0.3, 0.4) is 0 Å². The first-order valence-corrected chi connectivity index (χ1v) is 3.19. The van der Waals surface area contributed by atoms with Crippen molar-refractivity contribution in [3.63, 3.8) is 0 Å². The lowest BCUT2D eigenvalue weighted by Crippen LogP contribution is -2.09. The van der Waals surface area contributed by atoms with E-state index < -0.39 is 0 Å². The van der Waals surface area contributed by atoms with Crippen molar-refractivity contribution in [1.29, 1.82) is 5.41 Å². The van der Waals surface area contributed by atoms with Crippen molar-refractivity contribution in [3.05, 3.63) is 28.2 Å². The van der Waals surface area contributed by atoms with E-state index in [1.54, 1.807) is 13.1 Å². The Morgan fingerprint density at radius 2 is 2.45 bits per heavy atom. The molecule has 3 N–H and O–H groups in total. The summed E-state index contributed by atoms with van der Waals surface area (Å²) in [6.45, 7) is 0. The van der Waals surface area contributed by atoms with E-state index in [1.807, 2.05) is 0 Å². The van der Waals surface area contributed by atoms with Gasteiger partial charge in [0.2, 0.25) is 5.56 Å². The molecule has 1 heterocycles. The minimum atomic E-state index is -0.192. The SMILES string of the molecule is CNc1ccc(=O)[nH]c1C=N.[HH]. The molecule has 4 nitrogen and oxygen atoms in total. The molecule has 0 saturated carbocycles. The summed E-state index contributed by atoms with van der Waals surface area (Å²) >= 11 is 0. The Bertz CT molecular complexity index is 321. The van der Waals surface area contributed by atoms with Crippen LogP contribution in [-0.2, 0) is 0 Å². The molecule has 60 valence electrons. The predicted octanol–water partition coefficient (Wildman–Crippen LogP) is 0.660. The van der Waals surface area contributed by atoms with Crippen LogP contribution in [0.15, 0.2) is 16.9 Å². The Morgan fingerprint density at radius 1 is 1.73 bits per heavy atom. The molecule has 0 aliphatic carbocycles. The van der Waals surface area contributed by atoms with E-state index in [2.05, 4.69) is 10.3 Å². The van der Waals surface area contributed by atoms with Gasteiger partial charge in [0.05, 0.1) is 11.4 Å². The maximum atomic E-state index is 10.7. The monoisotopic (exact) mass is 153 g/mol. The molecule has 0 unspecified atom stereocenters. The van der Waals surface area contributed by atoms with Crippen LogP contribution in [-0.4, -0.2) is 18.2 Å². The molecule has 4 heteroatoms. The first-order valence-electron chi connectivity index (χ1n) is 3.19. The summed E-state index contributed by atoms with van der Waals surface area (Å²) in [5.74, 6) is 0. The van der Waals surface area contributed by atoms with Crippen LogP contribution in [0.4, 0.5) is 5.69 Å². The fourth-order valence-corrected chi connectivity index (χ4v) is 0.822. The van der Waals surface area contributed by atoms with Crippen molar-refractivity contribution in [2.75, 3.05) is 12.4 Å². The highest BCUT2D eigenvalue weighted by atomic mass is 16.1. The first kappa shape index (κ1) is 7.53. The summed E-state index contributed by atoms with van der Waals surface area (Å²) < 4.78 is 0. The van der Waals surface area contributed by atoms with Crippen molar-refractivity contribution in [3.8, 4) is 0 Å². The third-order valence-corrected chi connectivity index (χ3v) is 1.36. The standard InChI is InChI=1S/C7H9N3O.H2/c1-9-5-2-3-7(11)10-6(5)4-8;/h2-4,8-9H,1H3,(H,10,11);1H. The molecule has 0 spiro atoms. The molecule has 0 fully saturated rings. The van der Waals surface area contributed by atoms with Gasteiger partial charge < -0.3 is 15.7 Å².